The molecule has 0 atom stereocenters. The van der Waals surface area contributed by atoms with Crippen molar-refractivity contribution in [2.45, 2.75) is 19.8 Å². The standard InChI is InChI=1S/C28H35N5O3/c1-3-32-27(33-14-17-35-18-15-33)20-28(30-2)36-26-19-23(21-29)7-10-25(26)24-8-5-22(6-9-24)11-13-31-12-4-16-34/h5-10,19-20,31,34H,2-4,11-18H2,1H3/b28-20+,32-27?. The van der Waals surface area contributed by atoms with E-state index >= 15 is 0 Å². The van der Waals surface area contributed by atoms with Crippen molar-refractivity contribution in [1.82, 2.24) is 10.2 Å². The van der Waals surface area contributed by atoms with Crippen molar-refractivity contribution in [2.75, 3.05) is 52.5 Å². The molecule has 0 aliphatic carbocycles. The number of morpholine rings is 1. The minimum absolute atomic E-state index is 0.203. The maximum absolute atomic E-state index is 9.46. The largest absolute Gasteiger partial charge is 0.438 e. The van der Waals surface area contributed by atoms with Crippen LogP contribution in [0.2, 0.25) is 0 Å². The molecule has 2 aromatic carbocycles. The lowest BCUT2D eigenvalue weighted by molar-refractivity contribution is 0.0683. The molecule has 0 radical (unpaired) electrons. The molecule has 0 amide bonds. The highest BCUT2D eigenvalue weighted by atomic mass is 16.5. The third-order valence-electron chi connectivity index (χ3n) is 5.76. The molecule has 2 aromatic rings. The van der Waals surface area contributed by atoms with Crippen LogP contribution >= 0.6 is 0 Å². The summed E-state index contributed by atoms with van der Waals surface area (Å²) in [6.07, 6.45) is 3.45. The Hall–Kier alpha value is -3.51. The van der Waals surface area contributed by atoms with E-state index in [1.807, 2.05) is 13.0 Å². The van der Waals surface area contributed by atoms with Gasteiger partial charge in [-0.2, -0.15) is 5.26 Å². The lowest BCUT2D eigenvalue weighted by Crippen LogP contribution is -2.40. The summed E-state index contributed by atoms with van der Waals surface area (Å²) in [6, 6.07) is 15.9. The first-order valence-electron chi connectivity index (χ1n) is 12.4. The van der Waals surface area contributed by atoms with Gasteiger partial charge in [-0.3, -0.25) is 4.99 Å². The number of aliphatic hydroxyl groups excluding tert-OH is 1. The van der Waals surface area contributed by atoms with Gasteiger partial charge in [0.05, 0.1) is 24.8 Å². The number of hydrogen-bond donors (Lipinski definition) is 2. The van der Waals surface area contributed by atoms with Crippen molar-refractivity contribution >= 4 is 12.6 Å². The topological polar surface area (TPSA) is 102 Å². The maximum Gasteiger partial charge on any atom is 0.222 e. The summed E-state index contributed by atoms with van der Waals surface area (Å²) >= 11 is 0. The van der Waals surface area contributed by atoms with Crippen LogP contribution in [-0.2, 0) is 11.2 Å². The molecule has 1 aliphatic rings. The highest BCUT2D eigenvalue weighted by Crippen LogP contribution is 2.32. The summed E-state index contributed by atoms with van der Waals surface area (Å²) in [5.74, 6) is 1.62. The molecule has 0 saturated carbocycles. The van der Waals surface area contributed by atoms with Crippen molar-refractivity contribution in [3.8, 4) is 22.9 Å². The van der Waals surface area contributed by atoms with Gasteiger partial charge in [-0.15, -0.1) is 0 Å². The summed E-state index contributed by atoms with van der Waals surface area (Å²) in [6.45, 7) is 11.0. The minimum Gasteiger partial charge on any atom is -0.438 e. The molecule has 0 aromatic heterocycles. The number of amidine groups is 1. The number of hydrogen-bond acceptors (Lipinski definition) is 7. The zero-order valence-electron chi connectivity index (χ0n) is 20.9. The van der Waals surface area contributed by atoms with Crippen molar-refractivity contribution in [3.05, 3.63) is 65.6 Å². The van der Waals surface area contributed by atoms with Crippen LogP contribution in [0, 0.1) is 11.3 Å². The number of aliphatic hydroxyl groups is 1. The Balaban J connectivity index is 1.81. The molecular formula is C28H35N5O3. The van der Waals surface area contributed by atoms with E-state index < -0.39 is 0 Å². The first-order valence-corrected chi connectivity index (χ1v) is 12.4. The molecule has 0 unspecified atom stereocenters. The highest BCUT2D eigenvalue weighted by molar-refractivity contribution is 5.93. The zero-order valence-corrected chi connectivity index (χ0v) is 20.9. The molecule has 8 nitrogen and oxygen atoms in total. The molecule has 1 aliphatic heterocycles. The summed E-state index contributed by atoms with van der Waals surface area (Å²) in [5, 5.41) is 21.7. The van der Waals surface area contributed by atoms with Gasteiger partial charge in [-0.25, -0.2) is 4.99 Å². The minimum atomic E-state index is 0.203. The third kappa shape index (κ3) is 8.02. The summed E-state index contributed by atoms with van der Waals surface area (Å²) < 4.78 is 11.7. The predicted molar refractivity (Wildman–Crippen MR) is 143 cm³/mol. The Morgan fingerprint density at radius 3 is 2.67 bits per heavy atom. The number of benzene rings is 2. The van der Waals surface area contributed by atoms with Crippen LogP contribution in [0.25, 0.3) is 11.1 Å². The van der Waals surface area contributed by atoms with Crippen LogP contribution in [0.15, 0.2) is 64.4 Å². The molecule has 3 rings (SSSR count). The van der Waals surface area contributed by atoms with E-state index in [4.69, 9.17) is 14.6 Å². The number of nitriles is 1. The fraction of sp³-hybridized carbons (Fsp3) is 0.393. The van der Waals surface area contributed by atoms with E-state index in [-0.39, 0.29) is 6.61 Å². The second kappa shape index (κ2) is 14.8. The Morgan fingerprint density at radius 2 is 2.00 bits per heavy atom. The molecule has 2 N–H and O–H groups in total. The van der Waals surface area contributed by atoms with Crippen LogP contribution < -0.4 is 10.1 Å². The average Bonchev–Trinajstić information content (AvgIpc) is 2.93. The maximum atomic E-state index is 9.46. The van der Waals surface area contributed by atoms with Gasteiger partial charge >= 0.3 is 0 Å². The van der Waals surface area contributed by atoms with Crippen molar-refractivity contribution in [2.24, 2.45) is 9.98 Å². The third-order valence-corrected chi connectivity index (χ3v) is 5.76. The number of ether oxygens (including phenoxy) is 2. The SMILES string of the molecule is C=N/C(=C\C(=NCC)N1CCOCC1)Oc1cc(C#N)ccc1-c1ccc(CCNCCCO)cc1. The fourth-order valence-electron chi connectivity index (χ4n) is 3.85. The lowest BCUT2D eigenvalue weighted by atomic mass is 10.0. The van der Waals surface area contributed by atoms with Gasteiger partial charge in [0.25, 0.3) is 0 Å². The molecule has 1 saturated heterocycles. The van der Waals surface area contributed by atoms with Gasteiger partial charge in [0.15, 0.2) is 0 Å². The van der Waals surface area contributed by atoms with Crippen molar-refractivity contribution in [3.63, 3.8) is 0 Å². The number of nitrogens with one attached hydrogen (secondary N) is 1. The second-order valence-corrected chi connectivity index (χ2v) is 8.27. The Kier molecular flexibility index (Phi) is 11.1. The van der Waals surface area contributed by atoms with E-state index in [1.165, 1.54) is 5.56 Å². The van der Waals surface area contributed by atoms with E-state index in [9.17, 15) is 5.26 Å². The monoisotopic (exact) mass is 489 g/mol. The second-order valence-electron chi connectivity index (χ2n) is 8.27. The normalized spacial score (nSPS) is 14.4. The summed E-state index contributed by atoms with van der Waals surface area (Å²) in [5.41, 5.74) is 3.55. The van der Waals surface area contributed by atoms with E-state index in [1.54, 1.807) is 18.2 Å². The van der Waals surface area contributed by atoms with Crippen LogP contribution in [0.4, 0.5) is 0 Å². The zero-order chi connectivity index (χ0) is 25.6. The van der Waals surface area contributed by atoms with Gasteiger partial charge in [0, 0.05) is 37.9 Å². The fourth-order valence-corrected chi connectivity index (χ4v) is 3.85. The molecule has 1 heterocycles. The Bertz CT molecular complexity index is 1080. The van der Waals surface area contributed by atoms with E-state index in [2.05, 4.69) is 57.3 Å². The van der Waals surface area contributed by atoms with Gasteiger partial charge in [-0.1, -0.05) is 24.3 Å². The van der Waals surface area contributed by atoms with Crippen molar-refractivity contribution in [1.29, 1.82) is 5.26 Å². The first kappa shape index (κ1) is 27.1. The molecule has 0 bridgehead atoms. The highest BCUT2D eigenvalue weighted by Gasteiger charge is 2.16. The number of aliphatic imine (C=N–C) groups is 2. The van der Waals surface area contributed by atoms with Crippen LogP contribution in [0.3, 0.4) is 0 Å². The van der Waals surface area contributed by atoms with Gasteiger partial charge in [0.1, 0.15) is 11.6 Å². The van der Waals surface area contributed by atoms with Crippen LogP contribution in [0.5, 0.6) is 5.75 Å². The first-order chi connectivity index (χ1) is 17.7. The van der Waals surface area contributed by atoms with Crippen molar-refractivity contribution < 1.29 is 14.6 Å². The average molecular weight is 490 g/mol. The quantitative estimate of drug-likeness (QED) is 0.205. The molecule has 190 valence electrons. The molecule has 8 heteroatoms. The smallest absolute Gasteiger partial charge is 0.222 e. The van der Waals surface area contributed by atoms with Gasteiger partial charge in [0.2, 0.25) is 5.88 Å². The van der Waals surface area contributed by atoms with Crippen LogP contribution in [0.1, 0.15) is 24.5 Å². The Morgan fingerprint density at radius 1 is 1.22 bits per heavy atom. The Labute approximate surface area is 213 Å². The van der Waals surface area contributed by atoms with Gasteiger partial charge < -0.3 is 24.8 Å². The van der Waals surface area contributed by atoms with E-state index in [0.717, 1.165) is 56.0 Å². The molecule has 0 spiro atoms. The molecule has 1 fully saturated rings. The summed E-state index contributed by atoms with van der Waals surface area (Å²) in [4.78, 5) is 10.9. The lowest BCUT2D eigenvalue weighted by Gasteiger charge is -2.28. The predicted octanol–water partition coefficient (Wildman–Crippen LogP) is 3.41. The van der Waals surface area contributed by atoms with Gasteiger partial charge in [-0.05, 0) is 68.9 Å². The summed E-state index contributed by atoms with van der Waals surface area (Å²) in [7, 11) is 0. The molecular weight excluding hydrogens is 454 g/mol. The van der Waals surface area contributed by atoms with E-state index in [0.29, 0.717) is 37.0 Å². The number of rotatable bonds is 12. The molecule has 36 heavy (non-hydrogen) atoms. The van der Waals surface area contributed by atoms with Crippen LogP contribution in [-0.4, -0.2) is 75.1 Å². The number of nitrogens with zero attached hydrogens (tertiary/aromatic N) is 4.